The Kier molecular flexibility index (Phi) is 3.80. The molecule has 0 aromatic carbocycles. The minimum absolute atomic E-state index is 0.0463. The molecule has 90 valence electrons. The van der Waals surface area contributed by atoms with Gasteiger partial charge in [-0.25, -0.2) is 0 Å². The lowest BCUT2D eigenvalue weighted by molar-refractivity contribution is -0.123. The molecule has 0 bridgehead atoms. The molecule has 0 radical (unpaired) electrons. The van der Waals surface area contributed by atoms with Gasteiger partial charge < -0.3 is 11.1 Å². The topological polar surface area (TPSA) is 67.5 Å². The summed E-state index contributed by atoms with van der Waals surface area (Å²) in [5.74, 6) is 1.18. The van der Waals surface area contributed by atoms with Gasteiger partial charge in [0, 0.05) is 12.5 Å². The average molecular weight is 223 g/mol. The Morgan fingerprint density at radius 3 is 2.62 bits per heavy atom. The molecule has 3 N–H and O–H groups in total. The van der Waals surface area contributed by atoms with Gasteiger partial charge >= 0.3 is 0 Å². The van der Waals surface area contributed by atoms with E-state index < -0.39 is 0 Å². The standard InChI is InChI=1S/C12H21N3O/c13-11(9-5-2-1-3-6-9)15-10-7-4-8-14-12(10)16/h9-10H,1-8H2,(H2,13,15)(H,14,16). The Bertz CT molecular complexity index is 282. The van der Waals surface area contributed by atoms with Crippen LogP contribution >= 0.6 is 0 Å². The summed E-state index contributed by atoms with van der Waals surface area (Å²) < 4.78 is 0. The highest BCUT2D eigenvalue weighted by molar-refractivity contribution is 5.89. The van der Waals surface area contributed by atoms with Gasteiger partial charge in [0.15, 0.2) is 0 Å². The van der Waals surface area contributed by atoms with E-state index in [4.69, 9.17) is 5.73 Å². The van der Waals surface area contributed by atoms with Gasteiger partial charge in [0.05, 0.1) is 5.84 Å². The third-order valence-electron chi connectivity index (χ3n) is 3.58. The highest BCUT2D eigenvalue weighted by Gasteiger charge is 2.23. The summed E-state index contributed by atoms with van der Waals surface area (Å²) in [5.41, 5.74) is 6.01. The number of hydrogen-bond acceptors (Lipinski definition) is 2. The van der Waals surface area contributed by atoms with Gasteiger partial charge in [-0.15, -0.1) is 0 Å². The van der Waals surface area contributed by atoms with Crippen LogP contribution in [0.3, 0.4) is 0 Å². The van der Waals surface area contributed by atoms with Gasteiger partial charge in [0.25, 0.3) is 0 Å². The molecule has 1 aliphatic heterocycles. The lowest BCUT2D eigenvalue weighted by Gasteiger charge is -2.24. The van der Waals surface area contributed by atoms with Crippen LogP contribution in [0.1, 0.15) is 44.9 Å². The number of nitrogens with one attached hydrogen (secondary N) is 1. The normalized spacial score (nSPS) is 28.9. The van der Waals surface area contributed by atoms with Crippen LogP contribution in [0.25, 0.3) is 0 Å². The van der Waals surface area contributed by atoms with E-state index in [1.165, 1.54) is 19.3 Å². The second-order valence-electron chi connectivity index (χ2n) is 4.84. The maximum absolute atomic E-state index is 11.5. The Morgan fingerprint density at radius 1 is 1.19 bits per heavy atom. The molecule has 0 aromatic rings. The van der Waals surface area contributed by atoms with E-state index in [1.807, 2.05) is 0 Å². The molecule has 2 aliphatic rings. The Balaban J connectivity index is 1.95. The van der Waals surface area contributed by atoms with Gasteiger partial charge in [-0.05, 0) is 25.7 Å². The molecule has 1 atom stereocenters. The third kappa shape index (κ3) is 2.74. The van der Waals surface area contributed by atoms with Crippen molar-refractivity contribution in [3.63, 3.8) is 0 Å². The fraction of sp³-hybridized carbons (Fsp3) is 0.833. The molecule has 2 rings (SSSR count). The molecule has 0 aromatic heterocycles. The number of carbonyl (C=O) groups excluding carboxylic acids is 1. The molecule has 4 nitrogen and oxygen atoms in total. The van der Waals surface area contributed by atoms with Gasteiger partial charge in [-0.1, -0.05) is 19.3 Å². The van der Waals surface area contributed by atoms with Crippen LogP contribution < -0.4 is 11.1 Å². The zero-order valence-corrected chi connectivity index (χ0v) is 9.74. The van der Waals surface area contributed by atoms with Gasteiger partial charge in [-0.3, -0.25) is 9.79 Å². The lowest BCUT2D eigenvalue weighted by atomic mass is 9.88. The zero-order chi connectivity index (χ0) is 11.4. The summed E-state index contributed by atoms with van der Waals surface area (Å²) in [5, 5.41) is 2.84. The summed E-state index contributed by atoms with van der Waals surface area (Å²) in [6.07, 6.45) is 7.95. The molecule has 1 amide bonds. The first-order valence-electron chi connectivity index (χ1n) is 6.38. The van der Waals surface area contributed by atoms with Crippen LogP contribution in [0.15, 0.2) is 4.99 Å². The van der Waals surface area contributed by atoms with E-state index in [1.54, 1.807) is 0 Å². The molecule has 2 fully saturated rings. The van der Waals surface area contributed by atoms with E-state index in [9.17, 15) is 4.79 Å². The molecule has 0 spiro atoms. The summed E-state index contributed by atoms with van der Waals surface area (Å²) >= 11 is 0. The highest BCUT2D eigenvalue weighted by Crippen LogP contribution is 2.24. The van der Waals surface area contributed by atoms with E-state index in [2.05, 4.69) is 10.3 Å². The maximum Gasteiger partial charge on any atom is 0.244 e. The van der Waals surface area contributed by atoms with Crippen molar-refractivity contribution in [1.82, 2.24) is 5.32 Å². The van der Waals surface area contributed by atoms with Crippen LogP contribution in [0.5, 0.6) is 0 Å². The molecule has 4 heteroatoms. The molecule has 1 aliphatic carbocycles. The Hall–Kier alpha value is -1.06. The number of hydrogen-bond donors (Lipinski definition) is 2. The Morgan fingerprint density at radius 2 is 1.94 bits per heavy atom. The van der Waals surface area contributed by atoms with E-state index in [0.717, 1.165) is 32.2 Å². The summed E-state index contributed by atoms with van der Waals surface area (Å²) in [6, 6.07) is -0.226. The quantitative estimate of drug-likeness (QED) is 0.545. The smallest absolute Gasteiger partial charge is 0.244 e. The van der Waals surface area contributed by atoms with Crippen molar-refractivity contribution < 1.29 is 4.79 Å². The number of nitrogens with zero attached hydrogens (tertiary/aromatic N) is 1. The van der Waals surface area contributed by atoms with Crippen molar-refractivity contribution >= 4 is 11.7 Å². The van der Waals surface area contributed by atoms with Crippen molar-refractivity contribution in [2.75, 3.05) is 6.54 Å². The number of aliphatic imine (C=N–C) groups is 1. The van der Waals surface area contributed by atoms with E-state index >= 15 is 0 Å². The summed E-state index contributed by atoms with van der Waals surface area (Å²) in [4.78, 5) is 16.0. The summed E-state index contributed by atoms with van der Waals surface area (Å²) in [6.45, 7) is 0.786. The fourth-order valence-corrected chi connectivity index (χ4v) is 2.56. The summed E-state index contributed by atoms with van der Waals surface area (Å²) in [7, 11) is 0. The molecular weight excluding hydrogens is 202 g/mol. The first kappa shape index (κ1) is 11.4. The second-order valence-corrected chi connectivity index (χ2v) is 4.84. The maximum atomic E-state index is 11.5. The Labute approximate surface area is 96.7 Å². The fourth-order valence-electron chi connectivity index (χ4n) is 2.56. The van der Waals surface area contributed by atoms with Crippen LogP contribution in [0.2, 0.25) is 0 Å². The minimum Gasteiger partial charge on any atom is -0.387 e. The first-order chi connectivity index (χ1) is 7.77. The average Bonchev–Trinajstić information content (AvgIpc) is 2.33. The van der Waals surface area contributed by atoms with Gasteiger partial charge in [0.1, 0.15) is 6.04 Å². The molecule has 1 saturated heterocycles. The van der Waals surface area contributed by atoms with Crippen LogP contribution in [-0.4, -0.2) is 24.3 Å². The number of piperidine rings is 1. The van der Waals surface area contributed by atoms with Crippen LogP contribution in [0.4, 0.5) is 0 Å². The third-order valence-corrected chi connectivity index (χ3v) is 3.58. The predicted molar refractivity (Wildman–Crippen MR) is 64.2 cm³/mol. The zero-order valence-electron chi connectivity index (χ0n) is 9.74. The number of nitrogens with two attached hydrogens (primary N) is 1. The SMILES string of the molecule is NC(=NC1CCCNC1=O)C1CCCCC1. The van der Waals surface area contributed by atoms with Crippen LogP contribution in [-0.2, 0) is 4.79 Å². The van der Waals surface area contributed by atoms with Crippen LogP contribution in [0, 0.1) is 5.92 Å². The molecule has 1 saturated carbocycles. The predicted octanol–water partition coefficient (Wildman–Crippen LogP) is 1.20. The van der Waals surface area contributed by atoms with Gasteiger partial charge in [0.2, 0.25) is 5.91 Å². The largest absolute Gasteiger partial charge is 0.387 e. The highest BCUT2D eigenvalue weighted by atomic mass is 16.2. The molecule has 16 heavy (non-hydrogen) atoms. The lowest BCUT2D eigenvalue weighted by Crippen LogP contribution is -2.41. The molecule has 1 heterocycles. The second kappa shape index (κ2) is 5.32. The number of carbonyl (C=O) groups is 1. The van der Waals surface area contributed by atoms with Crippen molar-refractivity contribution in [3.05, 3.63) is 0 Å². The number of amidine groups is 1. The van der Waals surface area contributed by atoms with Crippen molar-refractivity contribution in [2.24, 2.45) is 16.6 Å². The molecular formula is C12H21N3O. The first-order valence-corrected chi connectivity index (χ1v) is 6.38. The minimum atomic E-state index is -0.226. The van der Waals surface area contributed by atoms with Crippen molar-refractivity contribution in [1.29, 1.82) is 0 Å². The monoisotopic (exact) mass is 223 g/mol. The van der Waals surface area contributed by atoms with E-state index in [0.29, 0.717) is 11.8 Å². The number of rotatable bonds is 2. The van der Waals surface area contributed by atoms with Crippen molar-refractivity contribution in [3.8, 4) is 0 Å². The molecule has 1 unspecified atom stereocenters. The van der Waals surface area contributed by atoms with Crippen molar-refractivity contribution in [2.45, 2.75) is 51.0 Å². The van der Waals surface area contributed by atoms with E-state index in [-0.39, 0.29) is 11.9 Å². The number of amides is 1. The van der Waals surface area contributed by atoms with Gasteiger partial charge in [-0.2, -0.15) is 0 Å².